The van der Waals surface area contributed by atoms with Gasteiger partial charge in [0.15, 0.2) is 0 Å². The van der Waals surface area contributed by atoms with E-state index in [1.54, 1.807) is 7.11 Å². The van der Waals surface area contributed by atoms with Crippen molar-refractivity contribution in [3.63, 3.8) is 0 Å². The van der Waals surface area contributed by atoms with E-state index in [9.17, 15) is 0 Å². The van der Waals surface area contributed by atoms with Crippen LogP contribution in [0.4, 0.5) is 5.82 Å². The maximum Gasteiger partial charge on any atom is 0.132 e. The lowest BCUT2D eigenvalue weighted by atomic mass is 10.0. The maximum absolute atomic E-state index is 5.54. The summed E-state index contributed by atoms with van der Waals surface area (Å²) in [5.74, 6) is 3.29. The number of hydrogen-bond donors (Lipinski definition) is 0. The van der Waals surface area contributed by atoms with E-state index in [0.717, 1.165) is 75.4 Å². The van der Waals surface area contributed by atoms with Gasteiger partial charge in [0.25, 0.3) is 0 Å². The molecule has 6 heteroatoms. The van der Waals surface area contributed by atoms with E-state index >= 15 is 0 Å². The van der Waals surface area contributed by atoms with E-state index < -0.39 is 0 Å². The van der Waals surface area contributed by atoms with Crippen LogP contribution in [0.5, 0.6) is 5.75 Å². The standard InChI is InChI=1S/C21H28N4O2/c1-16-22-19(18-7-12-27-15-18)13-21(23-16)25-10-8-24(9-11-25)14-17-5-3-4-6-20(17)26-2/h3-6,13,18H,7-12,14-15H2,1-2H3/t18-/m0/s1. The zero-order valence-electron chi connectivity index (χ0n) is 16.2. The Morgan fingerprint density at radius 1 is 1.15 bits per heavy atom. The molecule has 0 radical (unpaired) electrons. The summed E-state index contributed by atoms with van der Waals surface area (Å²) >= 11 is 0. The minimum Gasteiger partial charge on any atom is -0.496 e. The summed E-state index contributed by atoms with van der Waals surface area (Å²) in [6.07, 6.45) is 1.06. The van der Waals surface area contributed by atoms with Gasteiger partial charge in [-0.3, -0.25) is 4.90 Å². The van der Waals surface area contributed by atoms with Gasteiger partial charge in [0.1, 0.15) is 17.4 Å². The molecular weight excluding hydrogens is 340 g/mol. The number of nitrogens with zero attached hydrogens (tertiary/aromatic N) is 4. The minimum absolute atomic E-state index is 0.414. The lowest BCUT2D eigenvalue weighted by Gasteiger charge is -2.35. The van der Waals surface area contributed by atoms with Crippen LogP contribution in [0.2, 0.25) is 0 Å². The topological polar surface area (TPSA) is 50.7 Å². The Morgan fingerprint density at radius 3 is 2.70 bits per heavy atom. The zero-order valence-corrected chi connectivity index (χ0v) is 16.2. The molecular formula is C21H28N4O2. The maximum atomic E-state index is 5.54. The third-order valence-electron chi connectivity index (χ3n) is 5.47. The van der Waals surface area contributed by atoms with Crippen LogP contribution in [0.1, 0.15) is 29.4 Å². The average molecular weight is 368 g/mol. The van der Waals surface area contributed by atoms with Crippen molar-refractivity contribution in [2.75, 3.05) is 51.4 Å². The van der Waals surface area contributed by atoms with E-state index in [1.807, 2.05) is 19.1 Å². The molecule has 1 aromatic carbocycles. The van der Waals surface area contributed by atoms with Gasteiger partial charge in [-0.2, -0.15) is 0 Å². The fourth-order valence-corrected chi connectivity index (χ4v) is 3.92. The molecule has 27 heavy (non-hydrogen) atoms. The van der Waals surface area contributed by atoms with Gasteiger partial charge in [-0.25, -0.2) is 9.97 Å². The zero-order chi connectivity index (χ0) is 18.6. The van der Waals surface area contributed by atoms with Crippen LogP contribution in [0.15, 0.2) is 30.3 Å². The number of aryl methyl sites for hydroxylation is 1. The number of benzene rings is 1. The number of rotatable bonds is 5. The van der Waals surface area contributed by atoms with Crippen LogP contribution in [0, 0.1) is 6.92 Å². The Balaban J connectivity index is 1.40. The Kier molecular flexibility index (Phi) is 5.55. The molecule has 0 bridgehead atoms. The summed E-state index contributed by atoms with van der Waals surface area (Å²) in [6, 6.07) is 10.4. The average Bonchev–Trinajstić information content (AvgIpc) is 3.23. The Morgan fingerprint density at radius 2 is 1.96 bits per heavy atom. The molecule has 0 amide bonds. The van der Waals surface area contributed by atoms with Gasteiger partial charge in [0, 0.05) is 56.9 Å². The van der Waals surface area contributed by atoms with Crippen molar-refractivity contribution < 1.29 is 9.47 Å². The normalized spacial score (nSPS) is 20.8. The molecule has 0 unspecified atom stereocenters. The molecule has 0 aliphatic carbocycles. The van der Waals surface area contributed by atoms with Crippen molar-refractivity contribution in [3.8, 4) is 5.75 Å². The molecule has 2 aliphatic heterocycles. The molecule has 0 N–H and O–H groups in total. The molecule has 6 nitrogen and oxygen atoms in total. The Bertz CT molecular complexity index is 769. The highest BCUT2D eigenvalue weighted by atomic mass is 16.5. The Hall–Kier alpha value is -2.18. The smallest absolute Gasteiger partial charge is 0.132 e. The molecule has 3 heterocycles. The van der Waals surface area contributed by atoms with Crippen LogP contribution < -0.4 is 9.64 Å². The second-order valence-corrected chi connectivity index (χ2v) is 7.33. The molecule has 144 valence electrons. The molecule has 1 aromatic heterocycles. The third-order valence-corrected chi connectivity index (χ3v) is 5.47. The van der Waals surface area contributed by atoms with E-state index in [1.165, 1.54) is 5.56 Å². The van der Waals surface area contributed by atoms with Crippen molar-refractivity contribution in [3.05, 3.63) is 47.4 Å². The molecule has 2 saturated heterocycles. The summed E-state index contributed by atoms with van der Waals surface area (Å²) in [7, 11) is 1.74. The molecule has 0 saturated carbocycles. The number of piperazine rings is 1. The first-order valence-corrected chi connectivity index (χ1v) is 9.75. The fourth-order valence-electron chi connectivity index (χ4n) is 3.92. The predicted octanol–water partition coefficient (Wildman–Crippen LogP) is 2.62. The third kappa shape index (κ3) is 4.22. The lowest BCUT2D eigenvalue weighted by Crippen LogP contribution is -2.46. The van der Waals surface area contributed by atoms with Crippen molar-refractivity contribution in [1.29, 1.82) is 0 Å². The van der Waals surface area contributed by atoms with Crippen molar-refractivity contribution in [2.45, 2.75) is 25.8 Å². The first-order valence-electron chi connectivity index (χ1n) is 9.75. The van der Waals surface area contributed by atoms with E-state index in [-0.39, 0.29) is 0 Å². The lowest BCUT2D eigenvalue weighted by molar-refractivity contribution is 0.193. The van der Waals surface area contributed by atoms with Gasteiger partial charge in [-0.15, -0.1) is 0 Å². The van der Waals surface area contributed by atoms with E-state index in [2.05, 4.69) is 33.0 Å². The summed E-state index contributed by atoms with van der Waals surface area (Å²) in [5, 5.41) is 0. The second-order valence-electron chi connectivity index (χ2n) is 7.33. The number of hydrogen-bond acceptors (Lipinski definition) is 6. The molecule has 1 atom stereocenters. The van der Waals surface area contributed by atoms with Gasteiger partial charge in [-0.05, 0) is 19.4 Å². The quantitative estimate of drug-likeness (QED) is 0.809. The highest BCUT2D eigenvalue weighted by Gasteiger charge is 2.23. The van der Waals surface area contributed by atoms with Crippen LogP contribution in [-0.2, 0) is 11.3 Å². The predicted molar refractivity (Wildman–Crippen MR) is 105 cm³/mol. The summed E-state index contributed by atoms with van der Waals surface area (Å²) in [4.78, 5) is 14.2. The molecule has 2 aliphatic rings. The summed E-state index contributed by atoms with van der Waals surface area (Å²) in [5.41, 5.74) is 2.38. The van der Waals surface area contributed by atoms with E-state index in [4.69, 9.17) is 14.5 Å². The molecule has 2 fully saturated rings. The van der Waals surface area contributed by atoms with Crippen LogP contribution in [-0.4, -0.2) is 61.4 Å². The van der Waals surface area contributed by atoms with Crippen LogP contribution >= 0.6 is 0 Å². The van der Waals surface area contributed by atoms with Gasteiger partial charge in [0.05, 0.1) is 19.4 Å². The van der Waals surface area contributed by atoms with Gasteiger partial charge < -0.3 is 14.4 Å². The van der Waals surface area contributed by atoms with Crippen molar-refractivity contribution >= 4 is 5.82 Å². The number of ether oxygens (including phenoxy) is 2. The first-order chi connectivity index (χ1) is 13.2. The largest absolute Gasteiger partial charge is 0.496 e. The van der Waals surface area contributed by atoms with Crippen molar-refractivity contribution in [1.82, 2.24) is 14.9 Å². The number of para-hydroxylation sites is 1. The summed E-state index contributed by atoms with van der Waals surface area (Å²) in [6.45, 7) is 8.52. The highest BCUT2D eigenvalue weighted by molar-refractivity contribution is 5.41. The van der Waals surface area contributed by atoms with E-state index in [0.29, 0.717) is 5.92 Å². The van der Waals surface area contributed by atoms with Gasteiger partial charge in [0.2, 0.25) is 0 Å². The van der Waals surface area contributed by atoms with Crippen LogP contribution in [0.25, 0.3) is 0 Å². The van der Waals surface area contributed by atoms with Gasteiger partial charge in [-0.1, -0.05) is 18.2 Å². The monoisotopic (exact) mass is 368 g/mol. The molecule has 0 spiro atoms. The molecule has 2 aromatic rings. The number of anilines is 1. The number of aromatic nitrogens is 2. The SMILES string of the molecule is COc1ccccc1CN1CCN(c2cc([C@H]3CCOC3)nc(C)n2)CC1. The van der Waals surface area contributed by atoms with Gasteiger partial charge >= 0.3 is 0 Å². The minimum atomic E-state index is 0.414. The second kappa shape index (κ2) is 8.23. The first kappa shape index (κ1) is 18.2. The van der Waals surface area contributed by atoms with Crippen LogP contribution in [0.3, 0.4) is 0 Å². The number of methoxy groups -OCH3 is 1. The Labute approximate surface area is 161 Å². The highest BCUT2D eigenvalue weighted by Crippen LogP contribution is 2.27. The van der Waals surface area contributed by atoms with Crippen molar-refractivity contribution in [2.24, 2.45) is 0 Å². The summed E-state index contributed by atoms with van der Waals surface area (Å²) < 4.78 is 11.0. The fraction of sp³-hybridized carbons (Fsp3) is 0.524. The molecule has 4 rings (SSSR count).